The Morgan fingerprint density at radius 3 is 2.10 bits per heavy atom. The van der Waals surface area contributed by atoms with Gasteiger partial charge in [0.2, 0.25) is 12.5 Å². The number of ether oxygens (including phenoxy) is 2. The Morgan fingerprint density at radius 2 is 1.60 bits per heavy atom. The minimum Gasteiger partial charge on any atom is -0.371 e. The van der Waals surface area contributed by atoms with E-state index < -0.39 is 38.8 Å². The molecule has 2 unspecified atom stereocenters. The number of nitrogens with zero attached hydrogens (tertiary/aromatic N) is 4. The molecule has 1 aliphatic heterocycles. The molecule has 2 rings (SSSR count). The number of amides is 1. The van der Waals surface area contributed by atoms with Crippen LogP contribution in [-0.4, -0.2) is 70.3 Å². The molecule has 0 radical (unpaired) electrons. The SMILES string of the molecule is [2H]C[C@H]1OC(n2ccc(NC(C)=O)nc2=O)[C@H](OCCCCCCCCCCCCCCCC)[C@@H]1OP(OCC[N+]#[C-])N(C(C)C)C(C)C. The Morgan fingerprint density at radius 1 is 1.02 bits per heavy atom. The largest absolute Gasteiger partial charge is 0.371 e. The lowest BCUT2D eigenvalue weighted by atomic mass is 10.0. The summed E-state index contributed by atoms with van der Waals surface area (Å²) in [7, 11) is -1.64. The van der Waals surface area contributed by atoms with Crippen molar-refractivity contribution < 1.29 is 24.7 Å². The van der Waals surface area contributed by atoms with E-state index in [2.05, 4.69) is 54.4 Å². The van der Waals surface area contributed by atoms with E-state index in [1.165, 1.54) is 88.3 Å². The predicted molar refractivity (Wildman–Crippen MR) is 194 cm³/mol. The van der Waals surface area contributed by atoms with E-state index in [1.54, 1.807) is 6.07 Å². The Balaban J connectivity index is 2.08. The standard InChI is InChI=1S/C36H64N5O6P/c1-9-10-11-12-13-14-15-16-17-18-19-20-21-22-26-44-34-33(47-48(45-27-24-37-8)41(28(2)3)29(4)5)30(6)46-35(34)40-25-23-32(38-31(7)42)39-36(40)43/h23,25,28-30,33-35H,9-22,24,26-27H2,1-7H3,(H,38,39,42,43)/t30-,33-,34-,35?,48?/m1/s1/i6D. The fourth-order valence-corrected chi connectivity index (χ4v) is 7.76. The average molecular weight is 695 g/mol. The van der Waals surface area contributed by atoms with Gasteiger partial charge in [0.05, 0.1) is 6.10 Å². The third kappa shape index (κ3) is 15.3. The third-order valence-corrected chi connectivity index (χ3v) is 10.5. The molecule has 11 nitrogen and oxygen atoms in total. The monoisotopic (exact) mass is 694 g/mol. The van der Waals surface area contributed by atoms with E-state index in [0.29, 0.717) is 6.61 Å². The molecule has 0 saturated carbocycles. The summed E-state index contributed by atoms with van der Waals surface area (Å²) in [4.78, 5) is 32.2. The van der Waals surface area contributed by atoms with Crippen molar-refractivity contribution in [3.8, 4) is 0 Å². The van der Waals surface area contributed by atoms with E-state index in [-0.39, 0.29) is 43.9 Å². The first-order chi connectivity index (χ1) is 23.6. The molecule has 1 aromatic heterocycles. The minimum atomic E-state index is -1.64. The first kappa shape index (κ1) is 40.5. The Bertz CT molecular complexity index is 1140. The maximum Gasteiger partial charge on any atom is 0.351 e. The van der Waals surface area contributed by atoms with E-state index in [1.807, 2.05) is 0 Å². The van der Waals surface area contributed by atoms with Gasteiger partial charge >= 0.3 is 5.69 Å². The number of carbonyl (C=O) groups excluding carboxylic acids is 1. The molecule has 0 bridgehead atoms. The van der Waals surface area contributed by atoms with Crippen molar-refractivity contribution in [3.63, 3.8) is 0 Å². The summed E-state index contributed by atoms with van der Waals surface area (Å²) in [6.07, 6.45) is 16.2. The van der Waals surface area contributed by atoms with Crippen LogP contribution in [0.15, 0.2) is 17.1 Å². The fourth-order valence-electron chi connectivity index (χ4n) is 6.00. The number of carbonyl (C=O) groups is 1. The highest BCUT2D eigenvalue weighted by Gasteiger charge is 2.48. The number of hydrogen-bond acceptors (Lipinski definition) is 8. The lowest BCUT2D eigenvalue weighted by Gasteiger charge is -2.37. The van der Waals surface area contributed by atoms with Crippen molar-refractivity contribution in [1.29, 1.82) is 0 Å². The van der Waals surface area contributed by atoms with E-state index in [9.17, 15) is 9.59 Å². The van der Waals surface area contributed by atoms with Crippen LogP contribution in [0, 0.1) is 6.57 Å². The summed E-state index contributed by atoms with van der Waals surface area (Å²) in [6, 6.07) is 1.73. The summed E-state index contributed by atoms with van der Waals surface area (Å²) < 4.78 is 37.5. The zero-order valence-corrected chi connectivity index (χ0v) is 31.4. The number of hydrogen-bond donors (Lipinski definition) is 1. The Labute approximate surface area is 293 Å². The lowest BCUT2D eigenvalue weighted by molar-refractivity contribution is -0.114. The van der Waals surface area contributed by atoms with Crippen molar-refractivity contribution >= 4 is 20.3 Å². The number of unbranched alkanes of at least 4 members (excludes halogenated alkanes) is 13. The van der Waals surface area contributed by atoms with Gasteiger partial charge in [-0.25, -0.2) is 16.0 Å². The van der Waals surface area contributed by atoms with Crippen molar-refractivity contribution in [3.05, 3.63) is 34.2 Å². The number of aromatic nitrogens is 2. The van der Waals surface area contributed by atoms with Gasteiger partial charge in [0, 0.05) is 33.2 Å². The summed E-state index contributed by atoms with van der Waals surface area (Å²) >= 11 is 0. The van der Waals surface area contributed by atoms with Crippen LogP contribution in [0.5, 0.6) is 0 Å². The highest BCUT2D eigenvalue weighted by atomic mass is 31.2. The Hall–Kier alpha value is -1.93. The van der Waals surface area contributed by atoms with Gasteiger partial charge in [0.1, 0.15) is 24.6 Å². The van der Waals surface area contributed by atoms with Gasteiger partial charge in [-0.2, -0.15) is 4.98 Å². The summed E-state index contributed by atoms with van der Waals surface area (Å²) in [5.41, 5.74) is -0.604. The second-order valence-corrected chi connectivity index (χ2v) is 14.7. The van der Waals surface area contributed by atoms with Gasteiger partial charge in [-0.15, -0.1) is 0 Å². The first-order valence-electron chi connectivity index (χ1n) is 19.0. The molecule has 0 aromatic carbocycles. The van der Waals surface area contributed by atoms with Crippen LogP contribution >= 0.6 is 8.53 Å². The fraction of sp³-hybridized carbons (Fsp3) is 0.833. The van der Waals surface area contributed by atoms with E-state index in [4.69, 9.17) is 26.5 Å². The van der Waals surface area contributed by atoms with Crippen molar-refractivity contribution in [2.24, 2.45) is 0 Å². The molecule has 0 spiro atoms. The van der Waals surface area contributed by atoms with Gasteiger partial charge in [0.25, 0.3) is 8.53 Å². The van der Waals surface area contributed by atoms with Crippen LogP contribution in [0.25, 0.3) is 4.85 Å². The molecule has 1 fully saturated rings. The van der Waals surface area contributed by atoms with E-state index in [0.717, 1.165) is 19.3 Å². The van der Waals surface area contributed by atoms with Crippen molar-refractivity contribution in [2.75, 3.05) is 25.1 Å². The highest BCUT2D eigenvalue weighted by Crippen LogP contribution is 2.50. The molecular formula is C36H64N5O6P. The molecule has 1 N–H and O–H groups in total. The summed E-state index contributed by atoms with van der Waals surface area (Å²) in [5.74, 6) is -0.178. The molecule has 5 atom stereocenters. The smallest absolute Gasteiger partial charge is 0.351 e. The molecule has 1 saturated heterocycles. The van der Waals surface area contributed by atoms with Gasteiger partial charge in [-0.1, -0.05) is 90.4 Å². The molecule has 274 valence electrons. The van der Waals surface area contributed by atoms with Crippen molar-refractivity contribution in [2.45, 2.75) is 175 Å². The second-order valence-electron chi connectivity index (χ2n) is 13.3. The van der Waals surface area contributed by atoms with Crippen LogP contribution in [0.3, 0.4) is 0 Å². The third-order valence-electron chi connectivity index (χ3n) is 8.37. The zero-order valence-electron chi connectivity index (χ0n) is 31.5. The number of nitrogens with one attached hydrogen (secondary N) is 1. The van der Waals surface area contributed by atoms with Gasteiger partial charge in [-0.3, -0.25) is 9.36 Å². The van der Waals surface area contributed by atoms with Crippen molar-refractivity contribution in [1.82, 2.24) is 14.2 Å². The zero-order chi connectivity index (χ0) is 36.0. The normalized spacial score (nSPS) is 20.4. The van der Waals surface area contributed by atoms with Crippen LogP contribution in [0.2, 0.25) is 0 Å². The molecule has 2 heterocycles. The average Bonchev–Trinajstić information content (AvgIpc) is 3.38. The molecule has 1 amide bonds. The lowest BCUT2D eigenvalue weighted by Crippen LogP contribution is -2.41. The summed E-state index contributed by atoms with van der Waals surface area (Å²) in [6.45, 7) is 19.9. The second kappa shape index (κ2) is 24.3. The molecule has 1 aromatic rings. The maximum absolute atomic E-state index is 13.2. The molecule has 1 aliphatic rings. The van der Waals surface area contributed by atoms with Crippen LogP contribution in [-0.2, 0) is 23.3 Å². The topological polar surface area (TPSA) is 109 Å². The predicted octanol–water partition coefficient (Wildman–Crippen LogP) is 8.65. The quantitative estimate of drug-likeness (QED) is 0.0583. The summed E-state index contributed by atoms with van der Waals surface area (Å²) in [5, 5.41) is 2.54. The molecule has 48 heavy (non-hydrogen) atoms. The van der Waals surface area contributed by atoms with Crippen LogP contribution in [0.4, 0.5) is 5.82 Å². The van der Waals surface area contributed by atoms with Gasteiger partial charge in [-0.05, 0) is 47.1 Å². The number of anilines is 1. The number of rotatable bonds is 26. The molecular weight excluding hydrogens is 629 g/mol. The highest BCUT2D eigenvalue weighted by molar-refractivity contribution is 7.44. The maximum atomic E-state index is 13.2. The molecule has 0 aliphatic carbocycles. The van der Waals surface area contributed by atoms with Gasteiger partial charge in [0.15, 0.2) is 6.23 Å². The van der Waals surface area contributed by atoms with Crippen LogP contribution < -0.4 is 11.0 Å². The molecule has 12 heteroatoms. The van der Waals surface area contributed by atoms with Crippen LogP contribution in [0.1, 0.15) is 146 Å². The van der Waals surface area contributed by atoms with E-state index >= 15 is 0 Å². The Kier molecular flexibility index (Phi) is 20.5. The van der Waals surface area contributed by atoms with Gasteiger partial charge < -0.3 is 28.7 Å². The first-order valence-corrected chi connectivity index (χ1v) is 19.4. The minimum absolute atomic E-state index is 0.0923.